The van der Waals surface area contributed by atoms with E-state index in [1.165, 1.54) is 36.2 Å². The third kappa shape index (κ3) is 3.75. The quantitative estimate of drug-likeness (QED) is 0.685. The third-order valence-electron chi connectivity index (χ3n) is 5.24. The molecular formula is C21H18BrF2N3OS. The van der Waals surface area contributed by atoms with E-state index in [2.05, 4.69) is 31.2 Å². The lowest BCUT2D eigenvalue weighted by Crippen LogP contribution is -2.37. The molecule has 0 bridgehead atoms. The normalized spacial score (nSPS) is 25.8. The van der Waals surface area contributed by atoms with Gasteiger partial charge in [-0.15, -0.1) is 0 Å². The highest BCUT2D eigenvalue weighted by Crippen LogP contribution is 2.60. The van der Waals surface area contributed by atoms with E-state index in [0.29, 0.717) is 10.6 Å². The Morgan fingerprint density at radius 3 is 2.86 bits per heavy atom. The van der Waals surface area contributed by atoms with E-state index in [4.69, 9.17) is 0 Å². The minimum absolute atomic E-state index is 0.0597. The molecule has 1 aliphatic carbocycles. The third-order valence-corrected chi connectivity index (χ3v) is 7.25. The van der Waals surface area contributed by atoms with Crippen molar-refractivity contribution in [2.24, 2.45) is 10.9 Å². The number of nitrogens with zero attached hydrogens (tertiary/aromatic N) is 2. The number of rotatable bonds is 4. The number of hydrogen-bond donors (Lipinski definition) is 1. The van der Waals surface area contributed by atoms with Crippen LogP contribution >= 0.6 is 27.7 Å². The molecule has 1 N–H and O–H groups in total. The maximum Gasteiger partial charge on any atom is 0.236 e. The summed E-state index contributed by atoms with van der Waals surface area (Å²) in [4.78, 5) is 21.0. The molecule has 1 fully saturated rings. The molecule has 4 rings (SSSR count). The Bertz CT molecular complexity index is 1040. The van der Waals surface area contributed by atoms with Crippen LogP contribution in [0.2, 0.25) is 0 Å². The van der Waals surface area contributed by atoms with Gasteiger partial charge in [0.15, 0.2) is 0 Å². The van der Waals surface area contributed by atoms with E-state index < -0.39 is 16.4 Å². The SMILES string of the molecule is CNC(=O)C12CC1C(C)N=C(c1cc(/C=C(\F)c3ccc(Br)cn3)ccc1F)S2. The van der Waals surface area contributed by atoms with Crippen LogP contribution in [0.3, 0.4) is 0 Å². The maximum absolute atomic E-state index is 14.6. The van der Waals surface area contributed by atoms with Gasteiger partial charge in [-0.05, 0) is 65.2 Å². The first-order valence-electron chi connectivity index (χ1n) is 9.12. The standard InChI is InChI=1S/C21H18BrF2N3OS/c1-11-15-9-21(15,20(28)25-2)29-19(27-11)14-7-12(3-5-16(14)23)8-17(24)18-6-4-13(22)10-26-18/h3-8,10-11,15H,9H2,1-2H3,(H,25,28)/b17-8-. The first-order chi connectivity index (χ1) is 13.8. The topological polar surface area (TPSA) is 54.4 Å². The molecule has 1 aromatic carbocycles. The second-order valence-corrected chi connectivity index (χ2v) is 9.38. The summed E-state index contributed by atoms with van der Waals surface area (Å²) in [5.41, 5.74) is 0.962. The second kappa shape index (κ2) is 7.65. The summed E-state index contributed by atoms with van der Waals surface area (Å²) in [6.45, 7) is 1.94. The average Bonchev–Trinajstić information content (AvgIpc) is 3.46. The molecule has 2 aliphatic rings. The lowest BCUT2D eigenvalue weighted by Gasteiger charge is -2.24. The summed E-state index contributed by atoms with van der Waals surface area (Å²) < 4.78 is 29.3. The Morgan fingerprint density at radius 2 is 2.17 bits per heavy atom. The molecule has 3 unspecified atom stereocenters. The minimum Gasteiger partial charge on any atom is -0.358 e. The number of aliphatic imine (C=N–C) groups is 1. The van der Waals surface area contributed by atoms with Gasteiger partial charge in [0.2, 0.25) is 5.91 Å². The zero-order valence-corrected chi connectivity index (χ0v) is 18.2. The maximum atomic E-state index is 14.6. The Morgan fingerprint density at radius 1 is 1.38 bits per heavy atom. The summed E-state index contributed by atoms with van der Waals surface area (Å²) in [7, 11) is 1.61. The van der Waals surface area contributed by atoms with Crippen LogP contribution in [0, 0.1) is 11.7 Å². The van der Waals surface area contributed by atoms with Crippen LogP contribution in [-0.2, 0) is 4.79 Å². The van der Waals surface area contributed by atoms with Gasteiger partial charge in [0.25, 0.3) is 0 Å². The zero-order valence-electron chi connectivity index (χ0n) is 15.7. The van der Waals surface area contributed by atoms with Crippen LogP contribution in [0.1, 0.15) is 30.2 Å². The van der Waals surface area contributed by atoms with Crippen molar-refractivity contribution in [1.29, 1.82) is 0 Å². The molecule has 3 atom stereocenters. The van der Waals surface area contributed by atoms with Crippen molar-refractivity contribution in [2.45, 2.75) is 24.1 Å². The van der Waals surface area contributed by atoms with E-state index in [1.807, 2.05) is 6.92 Å². The molecule has 29 heavy (non-hydrogen) atoms. The molecule has 4 nitrogen and oxygen atoms in total. The number of thioether (sulfide) groups is 1. The molecule has 2 heterocycles. The van der Waals surface area contributed by atoms with Gasteiger partial charge in [0.05, 0.1) is 11.7 Å². The van der Waals surface area contributed by atoms with Crippen LogP contribution in [0.4, 0.5) is 8.78 Å². The van der Waals surface area contributed by atoms with Gasteiger partial charge >= 0.3 is 0 Å². The summed E-state index contributed by atoms with van der Waals surface area (Å²) in [6.07, 6.45) is 3.54. The van der Waals surface area contributed by atoms with Crippen LogP contribution in [-0.4, -0.2) is 33.8 Å². The van der Waals surface area contributed by atoms with E-state index in [1.54, 1.807) is 25.2 Å². The van der Waals surface area contributed by atoms with Gasteiger partial charge < -0.3 is 5.32 Å². The molecular weight excluding hydrogens is 460 g/mol. The number of benzene rings is 1. The number of hydrogen-bond acceptors (Lipinski definition) is 4. The summed E-state index contributed by atoms with van der Waals surface area (Å²) >= 11 is 4.57. The lowest BCUT2D eigenvalue weighted by molar-refractivity contribution is -0.121. The van der Waals surface area contributed by atoms with E-state index in [-0.39, 0.29) is 29.1 Å². The molecule has 150 valence electrons. The van der Waals surface area contributed by atoms with Crippen LogP contribution < -0.4 is 5.32 Å². The number of halogens is 3. The van der Waals surface area contributed by atoms with E-state index in [9.17, 15) is 13.6 Å². The van der Waals surface area contributed by atoms with E-state index in [0.717, 1.165) is 10.9 Å². The Kier molecular flexibility index (Phi) is 5.33. The number of amides is 1. The van der Waals surface area contributed by atoms with Gasteiger partial charge in [-0.25, -0.2) is 8.78 Å². The van der Waals surface area contributed by atoms with Crippen molar-refractivity contribution in [1.82, 2.24) is 10.3 Å². The van der Waals surface area contributed by atoms with Crippen LogP contribution in [0.15, 0.2) is 46.0 Å². The van der Waals surface area contributed by atoms with Crippen LogP contribution in [0.25, 0.3) is 11.9 Å². The van der Waals surface area contributed by atoms with Gasteiger partial charge in [-0.1, -0.05) is 17.8 Å². The molecule has 1 amide bonds. The zero-order chi connectivity index (χ0) is 20.8. The largest absolute Gasteiger partial charge is 0.358 e. The van der Waals surface area contributed by atoms with Crippen molar-refractivity contribution < 1.29 is 13.6 Å². The number of fused-ring (bicyclic) bond motifs is 1. The Balaban J connectivity index is 1.66. The molecule has 0 spiro atoms. The summed E-state index contributed by atoms with van der Waals surface area (Å²) in [5, 5.41) is 3.18. The average molecular weight is 478 g/mol. The van der Waals surface area contributed by atoms with Gasteiger partial charge in [-0.3, -0.25) is 14.8 Å². The second-order valence-electron chi connectivity index (χ2n) is 7.15. The summed E-state index contributed by atoms with van der Waals surface area (Å²) in [6, 6.07) is 7.54. The molecule has 8 heteroatoms. The number of carbonyl (C=O) groups is 1. The van der Waals surface area contributed by atoms with Crippen molar-refractivity contribution in [3.05, 3.63) is 63.6 Å². The lowest BCUT2D eigenvalue weighted by atomic mass is 10.1. The Labute approximate surface area is 180 Å². The first kappa shape index (κ1) is 20.2. The van der Waals surface area contributed by atoms with Crippen LogP contribution in [0.5, 0.6) is 0 Å². The number of nitrogens with one attached hydrogen (secondary N) is 1. The van der Waals surface area contributed by atoms with Crippen molar-refractivity contribution in [3.63, 3.8) is 0 Å². The minimum atomic E-state index is -0.587. The first-order valence-corrected chi connectivity index (χ1v) is 10.7. The predicted octanol–water partition coefficient (Wildman–Crippen LogP) is 4.84. The van der Waals surface area contributed by atoms with Crippen molar-refractivity contribution in [3.8, 4) is 0 Å². The number of aromatic nitrogens is 1. The van der Waals surface area contributed by atoms with Gasteiger partial charge in [0, 0.05) is 29.2 Å². The molecule has 1 saturated carbocycles. The fraction of sp³-hybridized carbons (Fsp3) is 0.286. The number of pyridine rings is 1. The molecule has 0 radical (unpaired) electrons. The highest BCUT2D eigenvalue weighted by molar-refractivity contribution is 9.10. The van der Waals surface area contributed by atoms with Crippen molar-refractivity contribution >= 4 is 50.5 Å². The predicted molar refractivity (Wildman–Crippen MR) is 116 cm³/mol. The highest BCUT2D eigenvalue weighted by atomic mass is 79.9. The number of carbonyl (C=O) groups excluding carboxylic acids is 1. The van der Waals surface area contributed by atoms with Crippen molar-refractivity contribution in [2.75, 3.05) is 7.05 Å². The molecule has 1 aromatic heterocycles. The smallest absolute Gasteiger partial charge is 0.236 e. The summed E-state index contributed by atoms with van der Waals surface area (Å²) in [5.74, 6) is -0.876. The fourth-order valence-electron chi connectivity index (χ4n) is 3.60. The fourth-order valence-corrected chi connectivity index (χ4v) is 5.47. The van der Waals surface area contributed by atoms with E-state index >= 15 is 0 Å². The molecule has 2 aromatic rings. The highest BCUT2D eigenvalue weighted by Gasteiger charge is 2.65. The van der Waals surface area contributed by atoms with Gasteiger partial charge in [0.1, 0.15) is 21.4 Å². The van der Waals surface area contributed by atoms with Gasteiger partial charge in [-0.2, -0.15) is 0 Å². The molecule has 1 aliphatic heterocycles. The molecule has 0 saturated heterocycles. The Hall–Kier alpha value is -2.06. The monoisotopic (exact) mass is 477 g/mol.